The van der Waals surface area contributed by atoms with Crippen molar-refractivity contribution in [2.24, 2.45) is 0 Å². The van der Waals surface area contributed by atoms with Gasteiger partial charge in [0.25, 0.3) is 5.69 Å². The van der Waals surface area contributed by atoms with Crippen LogP contribution in [0, 0.1) is 10.1 Å². The van der Waals surface area contributed by atoms with Crippen LogP contribution < -0.4 is 9.64 Å². The first-order valence-corrected chi connectivity index (χ1v) is 9.39. The topological polar surface area (TPSA) is 86.3 Å². The lowest BCUT2D eigenvalue weighted by Crippen LogP contribution is -3.14. The van der Waals surface area contributed by atoms with Crippen LogP contribution in [0.5, 0.6) is 5.75 Å². The fourth-order valence-corrected chi connectivity index (χ4v) is 4.34. The molecule has 140 valence electrons. The summed E-state index contributed by atoms with van der Waals surface area (Å²) in [4.78, 5) is 12.1. The van der Waals surface area contributed by atoms with Crippen molar-refractivity contribution in [1.29, 1.82) is 0 Å². The lowest BCUT2D eigenvalue weighted by molar-refractivity contribution is -0.933. The predicted molar refractivity (Wildman–Crippen MR) is 94.1 cm³/mol. The van der Waals surface area contributed by atoms with Crippen LogP contribution in [-0.2, 0) is 4.74 Å². The average molecular weight is 361 g/mol. The van der Waals surface area contributed by atoms with Gasteiger partial charge in [-0.3, -0.25) is 10.1 Å². The van der Waals surface area contributed by atoms with Gasteiger partial charge in [0.2, 0.25) is 0 Å². The molecule has 1 aromatic carbocycles. The third kappa shape index (κ3) is 3.34. The second kappa shape index (κ2) is 6.98. The second-order valence-corrected chi connectivity index (χ2v) is 7.50. The number of hydrogen-bond acceptors (Lipinski definition) is 5. The summed E-state index contributed by atoms with van der Waals surface area (Å²) in [5, 5.41) is 22.2. The van der Waals surface area contributed by atoms with Crippen LogP contribution in [0.4, 0.5) is 5.69 Å². The number of fused-ring (bicyclic) bond motifs is 1. The number of nitrogens with zero attached hydrogens (tertiary/aromatic N) is 1. The van der Waals surface area contributed by atoms with Crippen LogP contribution in [-0.4, -0.2) is 41.9 Å². The highest BCUT2D eigenvalue weighted by molar-refractivity contribution is 5.51. The van der Waals surface area contributed by atoms with Crippen LogP contribution in [0.1, 0.15) is 43.7 Å². The number of quaternary nitrogens is 1. The molecule has 1 aliphatic carbocycles. The van der Waals surface area contributed by atoms with Gasteiger partial charge in [0, 0.05) is 12.1 Å². The molecule has 1 saturated carbocycles. The van der Waals surface area contributed by atoms with Gasteiger partial charge >= 0.3 is 0 Å². The SMILES string of the molecule is O=[N+]([O-])c1ccc2c(c1)[C@@H]([NH+]1CCOCC1)/C(=C\C1(O)CCCCC1)O2. The van der Waals surface area contributed by atoms with Crippen molar-refractivity contribution in [3.63, 3.8) is 0 Å². The first-order valence-electron chi connectivity index (χ1n) is 9.39. The molecule has 2 aliphatic heterocycles. The maximum Gasteiger partial charge on any atom is 0.270 e. The van der Waals surface area contributed by atoms with Gasteiger partial charge in [0.1, 0.15) is 18.8 Å². The molecule has 1 saturated heterocycles. The third-order valence-electron chi connectivity index (χ3n) is 5.70. The van der Waals surface area contributed by atoms with Crippen molar-refractivity contribution in [3.8, 4) is 5.75 Å². The van der Waals surface area contributed by atoms with Gasteiger partial charge in [-0.2, -0.15) is 0 Å². The molecule has 2 N–H and O–H groups in total. The van der Waals surface area contributed by atoms with Gasteiger partial charge in [-0.25, -0.2) is 0 Å². The molecule has 0 amide bonds. The summed E-state index contributed by atoms with van der Waals surface area (Å²) in [5.74, 6) is 1.38. The number of aliphatic hydroxyl groups is 1. The number of rotatable bonds is 3. The Balaban J connectivity index is 1.72. The summed E-state index contributed by atoms with van der Waals surface area (Å²) >= 11 is 0. The van der Waals surface area contributed by atoms with Crippen LogP contribution in [0.25, 0.3) is 0 Å². The van der Waals surface area contributed by atoms with Crippen LogP contribution >= 0.6 is 0 Å². The van der Waals surface area contributed by atoms with E-state index in [0.717, 1.165) is 56.5 Å². The lowest BCUT2D eigenvalue weighted by atomic mass is 9.84. The average Bonchev–Trinajstić information content (AvgIpc) is 2.99. The molecule has 0 bridgehead atoms. The molecule has 2 heterocycles. The van der Waals surface area contributed by atoms with E-state index in [2.05, 4.69) is 0 Å². The zero-order valence-electron chi connectivity index (χ0n) is 14.8. The molecule has 2 fully saturated rings. The smallest absolute Gasteiger partial charge is 0.270 e. The summed E-state index contributed by atoms with van der Waals surface area (Å²) in [6.45, 7) is 2.94. The molecule has 3 aliphatic rings. The zero-order chi connectivity index (χ0) is 18.1. The minimum absolute atomic E-state index is 0.0719. The molecule has 1 atom stereocenters. The highest BCUT2D eigenvalue weighted by Crippen LogP contribution is 2.41. The van der Waals surface area contributed by atoms with Gasteiger partial charge in [-0.1, -0.05) is 19.3 Å². The highest BCUT2D eigenvalue weighted by atomic mass is 16.6. The van der Waals surface area contributed by atoms with Crippen LogP contribution in [0.3, 0.4) is 0 Å². The van der Waals surface area contributed by atoms with E-state index in [-0.39, 0.29) is 16.7 Å². The lowest BCUT2D eigenvalue weighted by Gasteiger charge is -2.32. The largest absolute Gasteiger partial charge is 0.455 e. The quantitative estimate of drug-likeness (QED) is 0.630. The van der Waals surface area contributed by atoms with Crippen LogP contribution in [0.15, 0.2) is 30.0 Å². The Morgan fingerprint density at radius 2 is 1.96 bits per heavy atom. The van der Waals surface area contributed by atoms with E-state index in [9.17, 15) is 15.2 Å². The van der Waals surface area contributed by atoms with Crippen molar-refractivity contribution in [1.82, 2.24) is 0 Å². The number of nitrogens with one attached hydrogen (secondary N) is 1. The van der Waals surface area contributed by atoms with Gasteiger partial charge in [0.15, 0.2) is 11.8 Å². The predicted octanol–water partition coefficient (Wildman–Crippen LogP) is 1.52. The molecule has 1 aromatic rings. The van der Waals surface area contributed by atoms with Gasteiger partial charge < -0.3 is 19.5 Å². The maximum absolute atomic E-state index is 11.2. The molecule has 0 radical (unpaired) electrons. The third-order valence-corrected chi connectivity index (χ3v) is 5.70. The normalized spacial score (nSPS) is 27.1. The van der Waals surface area contributed by atoms with Gasteiger partial charge in [0.05, 0.1) is 29.3 Å². The summed E-state index contributed by atoms with van der Waals surface area (Å²) in [7, 11) is 0. The van der Waals surface area contributed by atoms with Crippen molar-refractivity contribution >= 4 is 5.69 Å². The van der Waals surface area contributed by atoms with E-state index >= 15 is 0 Å². The van der Waals surface area contributed by atoms with E-state index in [0.29, 0.717) is 19.0 Å². The van der Waals surface area contributed by atoms with Crippen LogP contribution in [0.2, 0.25) is 0 Å². The number of ether oxygens (including phenoxy) is 2. The second-order valence-electron chi connectivity index (χ2n) is 7.50. The minimum Gasteiger partial charge on any atom is -0.455 e. The van der Waals surface area contributed by atoms with E-state index in [4.69, 9.17) is 9.47 Å². The zero-order valence-corrected chi connectivity index (χ0v) is 14.8. The fraction of sp³-hybridized carbons (Fsp3) is 0.579. The van der Waals surface area contributed by atoms with Crippen molar-refractivity contribution in [3.05, 3.63) is 45.7 Å². The van der Waals surface area contributed by atoms with E-state index in [1.807, 2.05) is 6.08 Å². The maximum atomic E-state index is 11.2. The Morgan fingerprint density at radius 3 is 2.65 bits per heavy atom. The summed E-state index contributed by atoms with van der Waals surface area (Å²) in [6, 6.07) is 4.64. The summed E-state index contributed by atoms with van der Waals surface area (Å²) < 4.78 is 11.6. The standard InChI is InChI=1S/C19H24N2O5/c22-19(6-2-1-3-7-19)13-17-18(20-8-10-25-11-9-20)15-12-14(21(23)24)4-5-16(15)26-17/h4-5,12-13,18,22H,1-3,6-11H2/p+1/b17-13+/t18-/m1/s1. The van der Waals surface area contributed by atoms with E-state index in [1.165, 1.54) is 11.0 Å². The van der Waals surface area contributed by atoms with Gasteiger partial charge in [-0.15, -0.1) is 0 Å². The first-order chi connectivity index (χ1) is 12.6. The van der Waals surface area contributed by atoms with E-state index < -0.39 is 5.60 Å². The number of nitro benzene ring substituents is 1. The number of hydrogen-bond donors (Lipinski definition) is 2. The Kier molecular flexibility index (Phi) is 4.69. The molecule has 0 spiro atoms. The Bertz CT molecular complexity index is 721. The Hall–Kier alpha value is -1.96. The number of morpholine rings is 1. The number of non-ortho nitro benzene ring substituents is 1. The van der Waals surface area contributed by atoms with Crippen molar-refractivity contribution in [2.45, 2.75) is 43.7 Å². The summed E-state index contributed by atoms with van der Waals surface area (Å²) in [5.41, 5.74) is 0.0651. The number of benzene rings is 1. The molecule has 26 heavy (non-hydrogen) atoms. The molecule has 0 unspecified atom stereocenters. The highest BCUT2D eigenvalue weighted by Gasteiger charge is 2.42. The molecular weight excluding hydrogens is 336 g/mol. The van der Waals surface area contributed by atoms with E-state index in [1.54, 1.807) is 12.1 Å². The molecule has 0 aromatic heterocycles. The first kappa shape index (κ1) is 17.5. The Morgan fingerprint density at radius 1 is 1.23 bits per heavy atom. The fourth-order valence-electron chi connectivity index (χ4n) is 4.34. The Labute approximate surface area is 152 Å². The van der Waals surface area contributed by atoms with Crippen molar-refractivity contribution in [2.75, 3.05) is 26.3 Å². The monoisotopic (exact) mass is 361 g/mol. The number of nitro groups is 1. The molecular formula is C19H25N2O5+. The van der Waals surface area contributed by atoms with Crippen molar-refractivity contribution < 1.29 is 24.4 Å². The molecule has 7 heteroatoms. The summed E-state index contributed by atoms with van der Waals surface area (Å²) in [6.07, 6.45) is 6.52. The molecule has 7 nitrogen and oxygen atoms in total. The molecule has 4 rings (SSSR count). The van der Waals surface area contributed by atoms with Gasteiger partial charge in [-0.05, 0) is 25.0 Å². The minimum atomic E-state index is -0.842.